The Morgan fingerprint density at radius 2 is 1.92 bits per heavy atom. The Balaban J connectivity index is 1.91. The molecule has 4 unspecified atom stereocenters. The molecule has 13 heavy (non-hydrogen) atoms. The summed E-state index contributed by atoms with van der Waals surface area (Å²) in [5, 5.41) is 5.27. The number of rotatable bonds is 1. The molecule has 2 fully saturated rings. The van der Waals surface area contributed by atoms with Gasteiger partial charge in [0.1, 0.15) is 0 Å². The minimum Gasteiger partial charge on any atom is -0.304 e. The molecule has 0 aromatic carbocycles. The smallest absolute Gasteiger partial charge is 0.0566 e. The van der Waals surface area contributed by atoms with Crippen LogP contribution in [0.5, 0.6) is 0 Å². The van der Waals surface area contributed by atoms with Crippen LogP contribution in [0.25, 0.3) is 0 Å². The normalized spacial score (nSPS) is 46.6. The lowest BCUT2D eigenvalue weighted by Gasteiger charge is -2.33. The van der Waals surface area contributed by atoms with Crippen LogP contribution in [-0.2, 0) is 0 Å². The van der Waals surface area contributed by atoms with Crippen LogP contribution in [0.1, 0.15) is 39.5 Å². The van der Waals surface area contributed by atoms with Crippen LogP contribution in [0.3, 0.4) is 0 Å². The highest BCUT2D eigenvalue weighted by Gasteiger charge is 2.33. The van der Waals surface area contributed by atoms with Crippen molar-refractivity contribution in [3.05, 3.63) is 0 Å². The van der Waals surface area contributed by atoms with Crippen molar-refractivity contribution < 1.29 is 0 Å². The summed E-state index contributed by atoms with van der Waals surface area (Å²) in [5.74, 6) is 1.90. The van der Waals surface area contributed by atoms with Gasteiger partial charge in [-0.25, -0.2) is 0 Å². The SMILES string of the molecule is CC1CNC(C2CCCCC2C)S1. The molecule has 1 saturated heterocycles. The zero-order valence-corrected chi connectivity index (χ0v) is 9.57. The topological polar surface area (TPSA) is 12.0 Å². The fraction of sp³-hybridized carbons (Fsp3) is 1.00. The first-order chi connectivity index (χ1) is 6.27. The van der Waals surface area contributed by atoms with Crippen molar-refractivity contribution in [1.82, 2.24) is 5.32 Å². The van der Waals surface area contributed by atoms with E-state index in [2.05, 4.69) is 30.9 Å². The van der Waals surface area contributed by atoms with Gasteiger partial charge in [-0.15, -0.1) is 11.8 Å². The molecule has 0 amide bonds. The summed E-state index contributed by atoms with van der Waals surface area (Å²) in [5.41, 5.74) is 0. The Morgan fingerprint density at radius 1 is 1.15 bits per heavy atom. The van der Waals surface area contributed by atoms with Crippen molar-refractivity contribution in [2.45, 2.75) is 50.2 Å². The second kappa shape index (κ2) is 4.22. The molecule has 1 heterocycles. The molecule has 1 nitrogen and oxygen atoms in total. The standard InChI is InChI=1S/C11H21NS/c1-8-5-3-4-6-10(8)11-12-7-9(2)13-11/h8-12H,3-7H2,1-2H3. The summed E-state index contributed by atoms with van der Waals surface area (Å²) in [6, 6.07) is 0. The highest BCUT2D eigenvalue weighted by Crippen LogP contribution is 2.38. The lowest BCUT2D eigenvalue weighted by molar-refractivity contribution is 0.239. The minimum absolute atomic E-state index is 0.769. The van der Waals surface area contributed by atoms with E-state index in [9.17, 15) is 0 Å². The van der Waals surface area contributed by atoms with E-state index in [1.807, 2.05) is 0 Å². The van der Waals surface area contributed by atoms with Crippen LogP contribution in [0, 0.1) is 11.8 Å². The summed E-state index contributed by atoms with van der Waals surface area (Å²) < 4.78 is 0. The van der Waals surface area contributed by atoms with Gasteiger partial charge in [0.05, 0.1) is 5.37 Å². The summed E-state index contributed by atoms with van der Waals surface area (Å²) in [6.07, 6.45) is 5.84. The predicted molar refractivity (Wildman–Crippen MR) is 60.0 cm³/mol. The van der Waals surface area contributed by atoms with Crippen molar-refractivity contribution in [3.8, 4) is 0 Å². The molecule has 0 bridgehead atoms. The molecule has 4 atom stereocenters. The highest BCUT2D eigenvalue weighted by atomic mass is 32.2. The van der Waals surface area contributed by atoms with E-state index in [1.54, 1.807) is 0 Å². The van der Waals surface area contributed by atoms with Crippen LogP contribution in [0.15, 0.2) is 0 Å². The van der Waals surface area contributed by atoms with Gasteiger partial charge in [0.25, 0.3) is 0 Å². The van der Waals surface area contributed by atoms with Crippen LogP contribution in [0.4, 0.5) is 0 Å². The van der Waals surface area contributed by atoms with E-state index in [0.29, 0.717) is 0 Å². The Morgan fingerprint density at radius 3 is 2.54 bits per heavy atom. The van der Waals surface area contributed by atoms with Crippen LogP contribution < -0.4 is 5.32 Å². The summed E-state index contributed by atoms with van der Waals surface area (Å²) in [4.78, 5) is 0. The second-order valence-corrected chi connectivity index (χ2v) is 6.29. The average Bonchev–Trinajstić information content (AvgIpc) is 2.53. The van der Waals surface area contributed by atoms with Crippen molar-refractivity contribution in [2.75, 3.05) is 6.54 Å². The van der Waals surface area contributed by atoms with E-state index < -0.39 is 0 Å². The maximum atomic E-state index is 3.67. The maximum absolute atomic E-state index is 3.67. The maximum Gasteiger partial charge on any atom is 0.0566 e. The van der Waals surface area contributed by atoms with Gasteiger partial charge in [0.2, 0.25) is 0 Å². The van der Waals surface area contributed by atoms with Crippen LogP contribution in [-0.4, -0.2) is 17.2 Å². The Kier molecular flexibility index (Phi) is 3.20. The van der Waals surface area contributed by atoms with Gasteiger partial charge in [0, 0.05) is 11.8 Å². The third-order valence-corrected chi connectivity index (χ3v) is 4.99. The molecular weight excluding hydrogens is 178 g/mol. The first-order valence-corrected chi connectivity index (χ1v) is 6.60. The average molecular weight is 199 g/mol. The van der Waals surface area contributed by atoms with Crippen LogP contribution in [0.2, 0.25) is 0 Å². The molecule has 2 heteroatoms. The molecule has 1 aliphatic heterocycles. The van der Waals surface area contributed by atoms with E-state index in [-0.39, 0.29) is 0 Å². The largest absolute Gasteiger partial charge is 0.304 e. The van der Waals surface area contributed by atoms with Crippen molar-refractivity contribution in [2.24, 2.45) is 11.8 Å². The summed E-state index contributed by atoms with van der Waals surface area (Å²) in [6.45, 7) is 6.00. The molecule has 0 aromatic rings. The number of nitrogens with one attached hydrogen (secondary N) is 1. The van der Waals surface area contributed by atoms with Gasteiger partial charge >= 0.3 is 0 Å². The highest BCUT2D eigenvalue weighted by molar-refractivity contribution is 8.00. The van der Waals surface area contributed by atoms with E-state index in [1.165, 1.54) is 32.2 Å². The molecule has 2 rings (SSSR count). The molecule has 1 aliphatic carbocycles. The van der Waals surface area contributed by atoms with Crippen molar-refractivity contribution in [3.63, 3.8) is 0 Å². The Hall–Kier alpha value is 0.310. The molecular formula is C11H21NS. The summed E-state index contributed by atoms with van der Waals surface area (Å²) >= 11 is 2.16. The first kappa shape index (κ1) is 9.85. The van der Waals surface area contributed by atoms with E-state index in [4.69, 9.17) is 0 Å². The van der Waals surface area contributed by atoms with Gasteiger partial charge in [-0.1, -0.05) is 33.1 Å². The zero-order chi connectivity index (χ0) is 9.26. The number of hydrogen-bond donors (Lipinski definition) is 1. The quantitative estimate of drug-likeness (QED) is 0.697. The molecule has 76 valence electrons. The van der Waals surface area contributed by atoms with Gasteiger partial charge in [-0.2, -0.15) is 0 Å². The fourth-order valence-corrected chi connectivity index (χ4v) is 4.17. The zero-order valence-electron chi connectivity index (χ0n) is 8.75. The van der Waals surface area contributed by atoms with E-state index in [0.717, 1.165) is 22.5 Å². The van der Waals surface area contributed by atoms with Gasteiger partial charge in [0.15, 0.2) is 0 Å². The van der Waals surface area contributed by atoms with Gasteiger partial charge in [-0.3, -0.25) is 0 Å². The van der Waals surface area contributed by atoms with Crippen molar-refractivity contribution >= 4 is 11.8 Å². The molecule has 2 aliphatic rings. The minimum atomic E-state index is 0.769. The first-order valence-electron chi connectivity index (χ1n) is 5.66. The van der Waals surface area contributed by atoms with Gasteiger partial charge in [-0.05, 0) is 18.3 Å². The lowest BCUT2D eigenvalue weighted by Crippen LogP contribution is -2.34. The third kappa shape index (κ3) is 2.21. The number of hydrogen-bond acceptors (Lipinski definition) is 2. The third-order valence-electron chi connectivity index (χ3n) is 3.55. The summed E-state index contributed by atoms with van der Waals surface area (Å²) in [7, 11) is 0. The molecule has 1 N–H and O–H groups in total. The monoisotopic (exact) mass is 199 g/mol. The molecule has 0 spiro atoms. The number of thioether (sulfide) groups is 1. The van der Waals surface area contributed by atoms with Crippen molar-refractivity contribution in [1.29, 1.82) is 0 Å². The van der Waals surface area contributed by atoms with Crippen LogP contribution >= 0.6 is 11.8 Å². The molecule has 0 radical (unpaired) electrons. The Bertz CT molecular complexity index is 171. The Labute approximate surface area is 86.0 Å². The predicted octanol–water partition coefficient (Wildman–Crippen LogP) is 2.86. The lowest BCUT2D eigenvalue weighted by atomic mass is 9.80. The fourth-order valence-electron chi connectivity index (χ4n) is 2.68. The van der Waals surface area contributed by atoms with E-state index >= 15 is 0 Å². The second-order valence-electron chi connectivity index (χ2n) is 4.70. The molecule has 1 saturated carbocycles. The molecule has 0 aromatic heterocycles. The van der Waals surface area contributed by atoms with Gasteiger partial charge < -0.3 is 5.32 Å².